The lowest BCUT2D eigenvalue weighted by molar-refractivity contribution is -0.143. The molecule has 0 radical (unpaired) electrons. The second kappa shape index (κ2) is 5.65. The van der Waals surface area contributed by atoms with Gasteiger partial charge in [-0.15, -0.1) is 0 Å². The molecular weight excluding hydrogens is 292 g/mol. The van der Waals surface area contributed by atoms with E-state index in [1.54, 1.807) is 23.1 Å². The van der Waals surface area contributed by atoms with Crippen molar-refractivity contribution in [3.63, 3.8) is 0 Å². The monoisotopic (exact) mass is 312 g/mol. The van der Waals surface area contributed by atoms with Crippen molar-refractivity contribution in [1.82, 2.24) is 4.72 Å². The summed E-state index contributed by atoms with van der Waals surface area (Å²) in [5.74, 6) is -0.904. The van der Waals surface area contributed by atoms with Crippen LogP contribution in [0.15, 0.2) is 29.2 Å². The molecule has 1 unspecified atom stereocenters. The summed E-state index contributed by atoms with van der Waals surface area (Å²) in [5.41, 5.74) is -0.576. The van der Waals surface area contributed by atoms with Gasteiger partial charge in [-0.1, -0.05) is 19.1 Å². The Labute approximate surface area is 124 Å². The molecule has 0 aromatic heterocycles. The first-order chi connectivity index (χ1) is 9.89. The fourth-order valence-electron chi connectivity index (χ4n) is 2.99. The van der Waals surface area contributed by atoms with Crippen molar-refractivity contribution in [1.29, 1.82) is 0 Å². The van der Waals surface area contributed by atoms with E-state index in [2.05, 4.69) is 4.72 Å². The number of nitrogens with zero attached hydrogens (tertiary/aromatic N) is 1. The first-order valence-electron chi connectivity index (χ1n) is 6.92. The van der Waals surface area contributed by atoms with E-state index >= 15 is 0 Å². The number of carbonyl (C=O) groups is 1. The van der Waals surface area contributed by atoms with Crippen LogP contribution in [0.1, 0.15) is 26.2 Å². The molecular formula is C14H20N2O4S. The van der Waals surface area contributed by atoms with Gasteiger partial charge in [0.1, 0.15) is 10.4 Å². The number of anilines is 1. The molecule has 1 aliphatic heterocycles. The SMILES string of the molecule is CCC1(C(=O)O)CCCN1c1ccccc1S(=O)(=O)NC. The summed E-state index contributed by atoms with van der Waals surface area (Å²) < 4.78 is 26.6. The van der Waals surface area contributed by atoms with Crippen molar-refractivity contribution < 1.29 is 18.3 Å². The van der Waals surface area contributed by atoms with Crippen LogP contribution in [-0.2, 0) is 14.8 Å². The van der Waals surface area contributed by atoms with Crippen LogP contribution in [0.4, 0.5) is 5.69 Å². The topological polar surface area (TPSA) is 86.7 Å². The number of para-hydroxylation sites is 1. The molecule has 7 heteroatoms. The van der Waals surface area contributed by atoms with E-state index < -0.39 is 21.5 Å². The zero-order valence-corrected chi connectivity index (χ0v) is 13.0. The number of carboxylic acid groups (broad SMARTS) is 1. The summed E-state index contributed by atoms with van der Waals surface area (Å²) in [6, 6.07) is 6.54. The summed E-state index contributed by atoms with van der Waals surface area (Å²) >= 11 is 0. The van der Waals surface area contributed by atoms with Crippen LogP contribution in [0.3, 0.4) is 0 Å². The fraction of sp³-hybridized carbons (Fsp3) is 0.500. The van der Waals surface area contributed by atoms with Crippen LogP contribution in [0.5, 0.6) is 0 Å². The quantitative estimate of drug-likeness (QED) is 0.859. The Morgan fingerprint density at radius 3 is 2.67 bits per heavy atom. The van der Waals surface area contributed by atoms with Gasteiger partial charge < -0.3 is 10.0 Å². The molecule has 1 atom stereocenters. The zero-order valence-electron chi connectivity index (χ0n) is 12.2. The number of hydrogen-bond donors (Lipinski definition) is 2. The number of hydrogen-bond acceptors (Lipinski definition) is 4. The molecule has 0 aliphatic carbocycles. The average molecular weight is 312 g/mol. The number of sulfonamides is 1. The standard InChI is InChI=1S/C14H20N2O4S/c1-3-14(13(17)18)9-6-10-16(14)11-7-4-5-8-12(11)21(19,20)15-2/h4-5,7-8,15H,3,6,9-10H2,1-2H3,(H,17,18). The van der Waals surface area contributed by atoms with Gasteiger partial charge in [0, 0.05) is 6.54 Å². The molecule has 1 heterocycles. The highest BCUT2D eigenvalue weighted by Gasteiger charge is 2.47. The minimum atomic E-state index is -3.63. The van der Waals surface area contributed by atoms with Gasteiger partial charge in [0.15, 0.2) is 0 Å². The van der Waals surface area contributed by atoms with Gasteiger partial charge >= 0.3 is 5.97 Å². The van der Waals surface area contributed by atoms with Crippen LogP contribution in [0, 0.1) is 0 Å². The molecule has 1 fully saturated rings. The Bertz CT molecular complexity index is 644. The first kappa shape index (κ1) is 15.8. The first-order valence-corrected chi connectivity index (χ1v) is 8.41. The van der Waals surface area contributed by atoms with Crippen molar-refractivity contribution in [2.45, 2.75) is 36.6 Å². The molecule has 116 valence electrons. The molecule has 6 nitrogen and oxygen atoms in total. The zero-order chi connectivity index (χ0) is 15.7. The fourth-order valence-corrected chi connectivity index (χ4v) is 3.92. The second-order valence-electron chi connectivity index (χ2n) is 5.12. The summed E-state index contributed by atoms with van der Waals surface area (Å²) in [5, 5.41) is 9.64. The molecule has 0 spiro atoms. The highest BCUT2D eigenvalue weighted by molar-refractivity contribution is 7.89. The molecule has 2 N–H and O–H groups in total. The Morgan fingerprint density at radius 2 is 2.10 bits per heavy atom. The minimum absolute atomic E-state index is 0.119. The molecule has 21 heavy (non-hydrogen) atoms. The third kappa shape index (κ3) is 2.51. The van der Waals surface area contributed by atoms with E-state index in [4.69, 9.17) is 0 Å². The van der Waals surface area contributed by atoms with Crippen LogP contribution >= 0.6 is 0 Å². The molecule has 1 aromatic carbocycles. The molecule has 1 aliphatic rings. The van der Waals surface area contributed by atoms with Crippen LogP contribution < -0.4 is 9.62 Å². The average Bonchev–Trinajstić information content (AvgIpc) is 2.92. The third-order valence-electron chi connectivity index (χ3n) is 4.19. The maximum Gasteiger partial charge on any atom is 0.329 e. The van der Waals surface area contributed by atoms with E-state index in [-0.39, 0.29) is 4.90 Å². The Morgan fingerprint density at radius 1 is 1.43 bits per heavy atom. The third-order valence-corrected chi connectivity index (χ3v) is 5.65. The maximum absolute atomic E-state index is 12.2. The minimum Gasteiger partial charge on any atom is -0.479 e. The smallest absolute Gasteiger partial charge is 0.329 e. The van der Waals surface area contributed by atoms with Crippen molar-refractivity contribution in [3.8, 4) is 0 Å². The van der Waals surface area contributed by atoms with Gasteiger partial charge in [-0.2, -0.15) is 0 Å². The van der Waals surface area contributed by atoms with E-state index in [1.807, 2.05) is 6.92 Å². The second-order valence-corrected chi connectivity index (χ2v) is 6.98. The van der Waals surface area contributed by atoms with E-state index in [0.717, 1.165) is 6.42 Å². The molecule has 1 saturated heterocycles. The largest absolute Gasteiger partial charge is 0.479 e. The number of aliphatic carboxylic acids is 1. The molecule has 2 rings (SSSR count). The Kier molecular flexibility index (Phi) is 4.25. The van der Waals surface area contributed by atoms with Crippen molar-refractivity contribution in [2.24, 2.45) is 0 Å². The molecule has 1 aromatic rings. The van der Waals surface area contributed by atoms with E-state index in [0.29, 0.717) is 25.1 Å². The Hall–Kier alpha value is -1.60. The summed E-state index contributed by atoms with van der Waals surface area (Å²) in [6.45, 7) is 2.36. The molecule has 0 amide bonds. The lowest BCUT2D eigenvalue weighted by Gasteiger charge is -2.36. The summed E-state index contributed by atoms with van der Waals surface area (Å²) in [7, 11) is -2.29. The number of carboxylic acids is 1. The lowest BCUT2D eigenvalue weighted by Crippen LogP contribution is -2.50. The van der Waals surface area contributed by atoms with Gasteiger partial charge in [-0.3, -0.25) is 0 Å². The van der Waals surface area contributed by atoms with Crippen LogP contribution in [0.2, 0.25) is 0 Å². The predicted octanol–water partition coefficient (Wildman–Crippen LogP) is 1.43. The Balaban J connectivity index is 2.60. The number of rotatable bonds is 5. The number of benzene rings is 1. The van der Waals surface area contributed by atoms with Gasteiger partial charge in [-0.25, -0.2) is 17.9 Å². The maximum atomic E-state index is 12.2. The number of nitrogens with one attached hydrogen (secondary N) is 1. The highest BCUT2D eigenvalue weighted by Crippen LogP contribution is 2.39. The van der Waals surface area contributed by atoms with Crippen molar-refractivity contribution >= 4 is 21.7 Å². The van der Waals surface area contributed by atoms with Gasteiger partial charge in [-0.05, 0) is 38.4 Å². The van der Waals surface area contributed by atoms with Gasteiger partial charge in [0.05, 0.1) is 5.69 Å². The van der Waals surface area contributed by atoms with E-state index in [9.17, 15) is 18.3 Å². The van der Waals surface area contributed by atoms with Crippen molar-refractivity contribution in [3.05, 3.63) is 24.3 Å². The van der Waals surface area contributed by atoms with E-state index in [1.165, 1.54) is 13.1 Å². The normalized spacial score (nSPS) is 22.5. The lowest BCUT2D eigenvalue weighted by atomic mass is 9.92. The van der Waals surface area contributed by atoms with Crippen molar-refractivity contribution in [2.75, 3.05) is 18.5 Å². The summed E-state index contributed by atoms with van der Waals surface area (Å²) in [4.78, 5) is 13.6. The molecule has 0 bridgehead atoms. The van der Waals surface area contributed by atoms with Gasteiger partial charge in [0.2, 0.25) is 10.0 Å². The van der Waals surface area contributed by atoms with Crippen LogP contribution in [-0.4, -0.2) is 38.6 Å². The van der Waals surface area contributed by atoms with Crippen LogP contribution in [0.25, 0.3) is 0 Å². The molecule has 0 saturated carbocycles. The predicted molar refractivity (Wildman–Crippen MR) is 79.9 cm³/mol. The van der Waals surface area contributed by atoms with Gasteiger partial charge in [0.25, 0.3) is 0 Å². The highest BCUT2D eigenvalue weighted by atomic mass is 32.2. The summed E-state index contributed by atoms with van der Waals surface area (Å²) in [6.07, 6.45) is 1.68.